The summed E-state index contributed by atoms with van der Waals surface area (Å²) in [6, 6.07) is 2.99. The molecule has 0 unspecified atom stereocenters. The molecule has 2 atom stereocenters. The van der Waals surface area contributed by atoms with Crippen molar-refractivity contribution in [3.05, 3.63) is 29.2 Å². The second-order valence-electron chi connectivity index (χ2n) is 6.89. The third-order valence-electron chi connectivity index (χ3n) is 4.69. The Hall–Kier alpha value is -1.60. The second-order valence-corrected chi connectivity index (χ2v) is 6.89. The highest BCUT2D eigenvalue weighted by molar-refractivity contribution is 5.78. The molecule has 0 bridgehead atoms. The highest BCUT2D eigenvalue weighted by Gasteiger charge is 2.36. The molecule has 25 heavy (non-hydrogen) atoms. The van der Waals surface area contributed by atoms with Crippen LogP contribution in [0.2, 0.25) is 0 Å². The summed E-state index contributed by atoms with van der Waals surface area (Å²) in [4.78, 5) is 4.24. The van der Waals surface area contributed by atoms with Gasteiger partial charge in [0.15, 0.2) is 11.5 Å². The first-order valence-electron chi connectivity index (χ1n) is 8.56. The summed E-state index contributed by atoms with van der Waals surface area (Å²) in [5, 5.41) is 3.32. The van der Waals surface area contributed by atoms with Gasteiger partial charge in [0.25, 0.3) is 0 Å². The van der Waals surface area contributed by atoms with E-state index >= 15 is 0 Å². The molecule has 1 aliphatic carbocycles. The van der Waals surface area contributed by atoms with Crippen LogP contribution >= 0.6 is 0 Å². The van der Waals surface area contributed by atoms with Crippen molar-refractivity contribution in [3.8, 4) is 0 Å². The predicted molar refractivity (Wildman–Crippen MR) is 88.4 cm³/mol. The maximum absolute atomic E-state index is 13.4. The van der Waals surface area contributed by atoms with Gasteiger partial charge in [0.2, 0.25) is 0 Å². The summed E-state index contributed by atoms with van der Waals surface area (Å²) in [5.74, 6) is 0.247. The van der Waals surface area contributed by atoms with Crippen molar-refractivity contribution < 1.29 is 22.3 Å². The van der Waals surface area contributed by atoms with E-state index in [1.165, 1.54) is 0 Å². The van der Waals surface area contributed by atoms with E-state index in [4.69, 9.17) is 9.15 Å². The summed E-state index contributed by atoms with van der Waals surface area (Å²) < 4.78 is 51.1. The van der Waals surface area contributed by atoms with E-state index in [9.17, 15) is 13.2 Å². The van der Waals surface area contributed by atoms with E-state index < -0.39 is 11.7 Å². The predicted octanol–water partition coefficient (Wildman–Crippen LogP) is 4.63. The molecule has 1 aliphatic rings. The Labute approximate surface area is 144 Å². The summed E-state index contributed by atoms with van der Waals surface area (Å²) in [6.07, 6.45) is -1.37. The van der Waals surface area contributed by atoms with Gasteiger partial charge in [-0.1, -0.05) is 13.8 Å². The molecule has 138 valence electrons. The molecule has 0 aliphatic heterocycles. The van der Waals surface area contributed by atoms with Gasteiger partial charge in [0.05, 0.1) is 6.10 Å². The van der Waals surface area contributed by atoms with Crippen LogP contribution in [-0.4, -0.2) is 24.2 Å². The van der Waals surface area contributed by atoms with E-state index in [0.717, 1.165) is 25.3 Å². The molecule has 0 radical (unpaired) electrons. The summed E-state index contributed by atoms with van der Waals surface area (Å²) in [5.41, 5.74) is -0.151. The standard InChI is InChI=1S/C18H23F3N2O2/c1-10(2)17-23-14-8-11(7-12(16(14)25-17)18(19,20)21)9-22-13-5-4-6-15(13)24-3/h7-8,10,13,15,22H,4-6,9H2,1-3H3/t13-,15+/m0/s1. The number of hydrogen-bond acceptors (Lipinski definition) is 4. The van der Waals surface area contributed by atoms with Crippen molar-refractivity contribution in [2.75, 3.05) is 7.11 Å². The maximum atomic E-state index is 13.4. The Morgan fingerprint density at radius 1 is 1.32 bits per heavy atom. The first kappa shape index (κ1) is 18.2. The molecular weight excluding hydrogens is 333 g/mol. The molecule has 1 aromatic heterocycles. The molecule has 0 amide bonds. The van der Waals surface area contributed by atoms with Gasteiger partial charge in [-0.3, -0.25) is 0 Å². The molecular formula is C18H23F3N2O2. The smallest absolute Gasteiger partial charge is 0.420 e. The lowest BCUT2D eigenvalue weighted by atomic mass is 10.1. The number of nitrogens with one attached hydrogen (secondary N) is 1. The minimum atomic E-state index is -4.48. The molecule has 1 N–H and O–H groups in total. The average Bonchev–Trinajstić information content (AvgIpc) is 3.17. The van der Waals surface area contributed by atoms with Crippen LogP contribution in [-0.2, 0) is 17.5 Å². The highest BCUT2D eigenvalue weighted by atomic mass is 19.4. The number of aromatic nitrogens is 1. The highest BCUT2D eigenvalue weighted by Crippen LogP contribution is 2.37. The Bertz CT molecular complexity index is 740. The number of rotatable bonds is 5. The topological polar surface area (TPSA) is 47.3 Å². The number of oxazole rings is 1. The largest absolute Gasteiger partial charge is 0.440 e. The van der Waals surface area contributed by atoms with Gasteiger partial charge in [-0.05, 0) is 37.0 Å². The van der Waals surface area contributed by atoms with Gasteiger partial charge in [-0.2, -0.15) is 13.2 Å². The van der Waals surface area contributed by atoms with Crippen LogP contribution in [0.25, 0.3) is 11.1 Å². The molecule has 7 heteroatoms. The maximum Gasteiger partial charge on any atom is 0.420 e. The van der Waals surface area contributed by atoms with Crippen molar-refractivity contribution in [1.29, 1.82) is 0 Å². The van der Waals surface area contributed by atoms with Crippen molar-refractivity contribution in [2.45, 2.75) is 63.9 Å². The fourth-order valence-corrected chi connectivity index (χ4v) is 3.36. The molecule has 0 saturated heterocycles. The SMILES string of the molecule is CO[C@@H]1CCC[C@@H]1NCc1cc(C(F)(F)F)c2oc(C(C)C)nc2c1. The van der Waals surface area contributed by atoms with Crippen molar-refractivity contribution in [1.82, 2.24) is 10.3 Å². The first-order valence-corrected chi connectivity index (χ1v) is 8.56. The summed E-state index contributed by atoms with van der Waals surface area (Å²) in [7, 11) is 1.67. The minimum absolute atomic E-state index is 0.0731. The molecule has 1 heterocycles. The van der Waals surface area contributed by atoms with Gasteiger partial charge >= 0.3 is 6.18 Å². The lowest BCUT2D eigenvalue weighted by molar-refractivity contribution is -0.136. The fraction of sp³-hybridized carbons (Fsp3) is 0.611. The van der Waals surface area contributed by atoms with E-state index in [1.807, 2.05) is 13.8 Å². The fourth-order valence-electron chi connectivity index (χ4n) is 3.36. The molecule has 3 rings (SSSR count). The van der Waals surface area contributed by atoms with Gasteiger partial charge in [0, 0.05) is 25.6 Å². The van der Waals surface area contributed by atoms with Gasteiger partial charge in [-0.25, -0.2) is 4.98 Å². The monoisotopic (exact) mass is 356 g/mol. The number of alkyl halides is 3. The van der Waals surface area contributed by atoms with Gasteiger partial charge < -0.3 is 14.5 Å². The quantitative estimate of drug-likeness (QED) is 0.849. The third kappa shape index (κ3) is 3.82. The number of hydrogen-bond donors (Lipinski definition) is 1. The Kier molecular flexibility index (Phi) is 5.06. The second kappa shape index (κ2) is 6.96. The molecule has 1 fully saturated rings. The Morgan fingerprint density at radius 2 is 2.08 bits per heavy atom. The number of benzene rings is 1. The van der Waals surface area contributed by atoms with Crippen LogP contribution in [0, 0.1) is 0 Å². The van der Waals surface area contributed by atoms with Crippen LogP contribution in [0.3, 0.4) is 0 Å². The van der Waals surface area contributed by atoms with Crippen molar-refractivity contribution in [3.63, 3.8) is 0 Å². The van der Waals surface area contributed by atoms with Crippen LogP contribution in [0.4, 0.5) is 13.2 Å². The molecule has 1 saturated carbocycles. The van der Waals surface area contributed by atoms with Gasteiger partial charge in [-0.15, -0.1) is 0 Å². The molecule has 0 spiro atoms. The Balaban J connectivity index is 1.90. The lowest BCUT2D eigenvalue weighted by Gasteiger charge is -2.20. The average molecular weight is 356 g/mol. The normalized spacial score (nSPS) is 21.6. The number of ether oxygens (including phenoxy) is 1. The van der Waals surface area contributed by atoms with E-state index in [-0.39, 0.29) is 29.2 Å². The molecule has 1 aromatic carbocycles. The van der Waals surface area contributed by atoms with Crippen LogP contribution in [0.15, 0.2) is 16.5 Å². The molecule has 2 aromatic rings. The molecule has 4 nitrogen and oxygen atoms in total. The van der Waals surface area contributed by atoms with Crippen molar-refractivity contribution >= 4 is 11.1 Å². The number of fused-ring (bicyclic) bond motifs is 1. The number of methoxy groups -OCH3 is 1. The third-order valence-corrected chi connectivity index (χ3v) is 4.69. The number of halogens is 3. The van der Waals surface area contributed by atoms with Crippen LogP contribution in [0.1, 0.15) is 56.0 Å². The summed E-state index contributed by atoms with van der Waals surface area (Å²) >= 11 is 0. The van der Waals surface area contributed by atoms with Gasteiger partial charge in [0.1, 0.15) is 11.1 Å². The van der Waals surface area contributed by atoms with Crippen molar-refractivity contribution in [2.24, 2.45) is 0 Å². The van der Waals surface area contributed by atoms with E-state index in [2.05, 4.69) is 10.3 Å². The zero-order chi connectivity index (χ0) is 18.2. The van der Waals surface area contributed by atoms with Crippen LogP contribution in [0.5, 0.6) is 0 Å². The first-order chi connectivity index (χ1) is 11.8. The van der Waals surface area contributed by atoms with E-state index in [1.54, 1.807) is 13.2 Å². The Morgan fingerprint density at radius 3 is 2.72 bits per heavy atom. The number of nitrogens with zero attached hydrogens (tertiary/aromatic N) is 1. The van der Waals surface area contributed by atoms with Crippen LogP contribution < -0.4 is 5.32 Å². The summed E-state index contributed by atoms with van der Waals surface area (Å²) in [6.45, 7) is 4.02. The lowest BCUT2D eigenvalue weighted by Crippen LogP contribution is -2.36. The zero-order valence-electron chi connectivity index (χ0n) is 14.6. The zero-order valence-corrected chi connectivity index (χ0v) is 14.6. The van der Waals surface area contributed by atoms with E-state index in [0.29, 0.717) is 18.0 Å². The minimum Gasteiger partial charge on any atom is -0.440 e.